The predicted molar refractivity (Wildman–Crippen MR) is 68.7 cm³/mol. The Kier molecular flexibility index (Phi) is 2.36. The van der Waals surface area contributed by atoms with Crippen LogP contribution in [-0.4, -0.2) is 17.3 Å². The van der Waals surface area contributed by atoms with Gasteiger partial charge in [-0.1, -0.05) is 31.2 Å². The van der Waals surface area contributed by atoms with E-state index < -0.39 is 5.60 Å². The van der Waals surface area contributed by atoms with Crippen molar-refractivity contribution in [3.05, 3.63) is 35.4 Å². The average molecular weight is 231 g/mol. The van der Waals surface area contributed by atoms with Gasteiger partial charge in [-0.3, -0.25) is 0 Å². The molecule has 92 valence electrons. The topological polar surface area (TPSA) is 46.2 Å². The molecule has 0 spiro atoms. The molecule has 0 aliphatic heterocycles. The second kappa shape index (κ2) is 3.56. The zero-order valence-corrected chi connectivity index (χ0v) is 10.4. The highest BCUT2D eigenvalue weighted by molar-refractivity contribution is 5.37. The number of aliphatic hydroxyl groups is 1. The molecule has 1 fully saturated rings. The van der Waals surface area contributed by atoms with Crippen LogP contribution in [0, 0.1) is 11.3 Å². The van der Waals surface area contributed by atoms with Crippen molar-refractivity contribution in [2.24, 2.45) is 17.1 Å². The molecule has 2 nitrogen and oxygen atoms in total. The normalized spacial score (nSPS) is 34.2. The molecule has 0 unspecified atom stereocenters. The van der Waals surface area contributed by atoms with Crippen LogP contribution in [0.25, 0.3) is 0 Å². The monoisotopic (exact) mass is 231 g/mol. The number of rotatable bonds is 2. The van der Waals surface area contributed by atoms with Crippen LogP contribution in [0.15, 0.2) is 24.3 Å². The van der Waals surface area contributed by atoms with Gasteiger partial charge in [0.1, 0.15) is 0 Å². The van der Waals surface area contributed by atoms with E-state index in [4.69, 9.17) is 5.73 Å². The lowest BCUT2D eigenvalue weighted by Gasteiger charge is -2.53. The number of hydrogen-bond donors (Lipinski definition) is 2. The molecule has 3 N–H and O–H groups in total. The number of nitrogens with two attached hydrogens (primary N) is 1. The Hall–Kier alpha value is -0.860. The Labute approximate surface area is 103 Å². The number of fused-ring (bicyclic) bond motifs is 1. The Morgan fingerprint density at radius 1 is 1.24 bits per heavy atom. The molecule has 17 heavy (non-hydrogen) atoms. The Balaban J connectivity index is 1.93. The van der Waals surface area contributed by atoms with Gasteiger partial charge in [0.25, 0.3) is 0 Å². The van der Waals surface area contributed by atoms with E-state index >= 15 is 0 Å². The lowest BCUT2D eigenvalue weighted by atomic mass is 9.56. The third-order valence-electron chi connectivity index (χ3n) is 4.93. The van der Waals surface area contributed by atoms with Crippen LogP contribution in [0.4, 0.5) is 0 Å². The summed E-state index contributed by atoms with van der Waals surface area (Å²) in [7, 11) is 0. The van der Waals surface area contributed by atoms with Gasteiger partial charge in [-0.25, -0.2) is 0 Å². The van der Waals surface area contributed by atoms with Gasteiger partial charge in [0.2, 0.25) is 0 Å². The van der Waals surface area contributed by atoms with Gasteiger partial charge in [-0.15, -0.1) is 0 Å². The Morgan fingerprint density at radius 2 is 1.76 bits per heavy atom. The standard InChI is InChI=1S/C15H21NO/c1-11-6-15(17,7-11)14(10-16)8-12-4-2-3-5-13(12)9-14/h2-5,11,17H,6-10,16H2,1H3. The molecule has 2 aliphatic carbocycles. The zero-order chi connectivity index (χ0) is 12.1. The summed E-state index contributed by atoms with van der Waals surface area (Å²) >= 11 is 0. The highest BCUT2D eigenvalue weighted by Crippen LogP contribution is 2.54. The van der Waals surface area contributed by atoms with Crippen LogP contribution in [0.5, 0.6) is 0 Å². The summed E-state index contributed by atoms with van der Waals surface area (Å²) in [5.74, 6) is 0.645. The maximum Gasteiger partial charge on any atom is 0.0727 e. The lowest BCUT2D eigenvalue weighted by Crippen LogP contribution is -2.60. The van der Waals surface area contributed by atoms with Crippen molar-refractivity contribution in [2.75, 3.05) is 6.54 Å². The average Bonchev–Trinajstić information content (AvgIpc) is 2.67. The first-order valence-electron chi connectivity index (χ1n) is 6.58. The molecule has 0 heterocycles. The third kappa shape index (κ3) is 1.47. The van der Waals surface area contributed by atoms with Crippen LogP contribution < -0.4 is 5.73 Å². The smallest absolute Gasteiger partial charge is 0.0727 e. The zero-order valence-electron chi connectivity index (χ0n) is 10.4. The summed E-state index contributed by atoms with van der Waals surface area (Å²) < 4.78 is 0. The van der Waals surface area contributed by atoms with E-state index in [2.05, 4.69) is 31.2 Å². The van der Waals surface area contributed by atoms with E-state index in [0.29, 0.717) is 12.5 Å². The quantitative estimate of drug-likeness (QED) is 0.816. The van der Waals surface area contributed by atoms with Crippen LogP contribution in [0.1, 0.15) is 30.9 Å². The highest BCUT2D eigenvalue weighted by atomic mass is 16.3. The van der Waals surface area contributed by atoms with E-state index in [9.17, 15) is 5.11 Å². The SMILES string of the molecule is CC1CC(O)(C2(CN)Cc3ccccc3C2)C1. The van der Waals surface area contributed by atoms with Crippen LogP contribution in [-0.2, 0) is 12.8 Å². The van der Waals surface area contributed by atoms with Crippen molar-refractivity contribution < 1.29 is 5.11 Å². The van der Waals surface area contributed by atoms with Gasteiger partial charge in [-0.2, -0.15) is 0 Å². The van der Waals surface area contributed by atoms with E-state index in [-0.39, 0.29) is 5.41 Å². The first-order chi connectivity index (χ1) is 8.09. The van der Waals surface area contributed by atoms with Crippen LogP contribution in [0.3, 0.4) is 0 Å². The molecule has 0 radical (unpaired) electrons. The first kappa shape index (κ1) is 11.2. The molecular weight excluding hydrogens is 210 g/mol. The molecule has 2 heteroatoms. The summed E-state index contributed by atoms with van der Waals surface area (Å²) in [4.78, 5) is 0. The number of hydrogen-bond acceptors (Lipinski definition) is 2. The fourth-order valence-electron chi connectivity index (χ4n) is 3.88. The maximum absolute atomic E-state index is 10.8. The van der Waals surface area contributed by atoms with E-state index in [1.54, 1.807) is 0 Å². The summed E-state index contributed by atoms with van der Waals surface area (Å²) in [5, 5.41) is 10.8. The fourth-order valence-corrected chi connectivity index (χ4v) is 3.88. The molecule has 0 amide bonds. The molecule has 1 aromatic rings. The first-order valence-corrected chi connectivity index (χ1v) is 6.58. The highest BCUT2D eigenvalue weighted by Gasteiger charge is 2.57. The molecule has 2 aliphatic rings. The summed E-state index contributed by atoms with van der Waals surface area (Å²) in [6, 6.07) is 8.52. The predicted octanol–water partition coefficient (Wildman–Crippen LogP) is 1.89. The molecule has 0 saturated heterocycles. The molecule has 0 atom stereocenters. The summed E-state index contributed by atoms with van der Waals surface area (Å²) in [6.45, 7) is 2.80. The molecule has 3 rings (SSSR count). The Bertz CT molecular complexity index is 409. The second-order valence-electron chi connectivity index (χ2n) is 6.15. The van der Waals surface area contributed by atoms with Crippen molar-refractivity contribution >= 4 is 0 Å². The van der Waals surface area contributed by atoms with Gasteiger partial charge in [0, 0.05) is 12.0 Å². The van der Waals surface area contributed by atoms with Gasteiger partial charge in [-0.05, 0) is 42.7 Å². The van der Waals surface area contributed by atoms with Crippen LogP contribution >= 0.6 is 0 Å². The van der Waals surface area contributed by atoms with E-state index in [0.717, 1.165) is 25.7 Å². The van der Waals surface area contributed by atoms with Crippen molar-refractivity contribution in [1.29, 1.82) is 0 Å². The van der Waals surface area contributed by atoms with Crippen molar-refractivity contribution in [1.82, 2.24) is 0 Å². The third-order valence-corrected chi connectivity index (χ3v) is 4.93. The van der Waals surface area contributed by atoms with E-state index in [1.807, 2.05) is 0 Å². The van der Waals surface area contributed by atoms with Gasteiger partial charge in [0.05, 0.1) is 5.60 Å². The molecular formula is C15H21NO. The van der Waals surface area contributed by atoms with Crippen LogP contribution in [0.2, 0.25) is 0 Å². The van der Waals surface area contributed by atoms with Crippen molar-refractivity contribution in [2.45, 2.75) is 38.2 Å². The van der Waals surface area contributed by atoms with Crippen molar-refractivity contribution in [3.63, 3.8) is 0 Å². The molecule has 0 bridgehead atoms. The van der Waals surface area contributed by atoms with Gasteiger partial charge >= 0.3 is 0 Å². The molecule has 1 aromatic carbocycles. The summed E-state index contributed by atoms with van der Waals surface area (Å²) in [5.41, 5.74) is 8.15. The molecule has 1 saturated carbocycles. The minimum absolute atomic E-state index is 0.108. The largest absolute Gasteiger partial charge is 0.389 e. The second-order valence-corrected chi connectivity index (χ2v) is 6.15. The molecule has 0 aromatic heterocycles. The van der Waals surface area contributed by atoms with Gasteiger partial charge < -0.3 is 10.8 Å². The lowest BCUT2D eigenvalue weighted by molar-refractivity contribution is -0.157. The minimum atomic E-state index is -0.528. The summed E-state index contributed by atoms with van der Waals surface area (Å²) in [6.07, 6.45) is 3.72. The maximum atomic E-state index is 10.8. The van der Waals surface area contributed by atoms with Crippen molar-refractivity contribution in [3.8, 4) is 0 Å². The van der Waals surface area contributed by atoms with Gasteiger partial charge in [0.15, 0.2) is 0 Å². The number of benzene rings is 1. The Morgan fingerprint density at radius 3 is 2.18 bits per heavy atom. The van der Waals surface area contributed by atoms with E-state index in [1.165, 1.54) is 11.1 Å². The fraction of sp³-hybridized carbons (Fsp3) is 0.600. The minimum Gasteiger partial charge on any atom is -0.389 e.